The molecule has 0 atom stereocenters. The van der Waals surface area contributed by atoms with Crippen LogP contribution in [0.4, 0.5) is 17.6 Å². The van der Waals surface area contributed by atoms with Gasteiger partial charge in [-0.3, -0.25) is 9.13 Å². The molecule has 2 heterocycles. The van der Waals surface area contributed by atoms with Crippen LogP contribution in [-0.4, -0.2) is 19.1 Å². The minimum atomic E-state index is -4.60. The highest BCUT2D eigenvalue weighted by Gasteiger charge is 2.60. The largest absolute Gasteiger partial charge is 0.414 e. The van der Waals surface area contributed by atoms with Gasteiger partial charge < -0.3 is 0 Å². The maximum atomic E-state index is 15.1. The summed E-state index contributed by atoms with van der Waals surface area (Å²) in [6, 6.07) is 7.43. The first-order chi connectivity index (χ1) is 13.4. The molecular weight excluding hydrogens is 372 g/mol. The van der Waals surface area contributed by atoms with Gasteiger partial charge in [0.2, 0.25) is 0 Å². The van der Waals surface area contributed by atoms with Crippen LogP contribution >= 0.6 is 0 Å². The quantitative estimate of drug-likeness (QED) is 0.441. The third kappa shape index (κ3) is 2.87. The topological polar surface area (TPSA) is 35.6 Å². The van der Waals surface area contributed by atoms with Crippen molar-refractivity contribution in [1.82, 2.24) is 19.1 Å². The van der Waals surface area contributed by atoms with Crippen LogP contribution in [0.3, 0.4) is 0 Å². The Labute approximate surface area is 157 Å². The van der Waals surface area contributed by atoms with Crippen LogP contribution in [0.1, 0.15) is 0 Å². The van der Waals surface area contributed by atoms with Crippen LogP contribution in [0, 0.1) is 0 Å². The van der Waals surface area contributed by atoms with Crippen molar-refractivity contribution < 1.29 is 17.6 Å². The Hall–Kier alpha value is -3.42. The van der Waals surface area contributed by atoms with Crippen molar-refractivity contribution in [1.29, 1.82) is 0 Å². The van der Waals surface area contributed by atoms with Crippen molar-refractivity contribution in [3.63, 3.8) is 0 Å². The smallest absolute Gasteiger partial charge is 0.271 e. The Morgan fingerprint density at radius 2 is 1.36 bits per heavy atom. The summed E-state index contributed by atoms with van der Waals surface area (Å²) in [5, 5.41) is 0. The number of rotatable bonds is 5. The van der Waals surface area contributed by atoms with Gasteiger partial charge in [0.1, 0.15) is 5.82 Å². The molecule has 0 N–H and O–H groups in total. The van der Waals surface area contributed by atoms with Gasteiger partial charge in [-0.1, -0.05) is 60.7 Å². The standard InChI is InChI=1S/C20H14F4N4/c21-19(22,27-12-11-25-14-27)20(23,24)28-13-17(15-7-3-1-4-8-15)26-18(28)16-9-5-2-6-10-16/h1-14H. The minimum Gasteiger partial charge on any atom is -0.271 e. The number of alkyl halides is 4. The van der Waals surface area contributed by atoms with Gasteiger partial charge in [0, 0.05) is 29.7 Å². The zero-order valence-corrected chi connectivity index (χ0v) is 14.4. The predicted octanol–water partition coefficient (Wildman–Crippen LogP) is 5.21. The van der Waals surface area contributed by atoms with E-state index in [0.717, 1.165) is 18.6 Å². The van der Waals surface area contributed by atoms with Gasteiger partial charge in [-0.05, 0) is 0 Å². The number of hydrogen-bond acceptors (Lipinski definition) is 2. The number of hydrogen-bond donors (Lipinski definition) is 0. The summed E-state index contributed by atoms with van der Waals surface area (Å²) in [5.41, 5.74) is 1.01. The molecule has 2 aromatic carbocycles. The molecule has 28 heavy (non-hydrogen) atoms. The van der Waals surface area contributed by atoms with Crippen LogP contribution in [0.2, 0.25) is 0 Å². The zero-order chi connectivity index (χ0) is 19.8. The number of benzene rings is 2. The predicted molar refractivity (Wildman–Crippen MR) is 95.7 cm³/mol. The molecule has 0 unspecified atom stereocenters. The molecule has 4 nitrogen and oxygen atoms in total. The van der Waals surface area contributed by atoms with Crippen LogP contribution in [0.5, 0.6) is 0 Å². The Morgan fingerprint density at radius 3 is 1.93 bits per heavy atom. The van der Waals surface area contributed by atoms with E-state index in [2.05, 4.69) is 9.97 Å². The fraction of sp³-hybridized carbons (Fsp3) is 0.100. The lowest BCUT2D eigenvalue weighted by Gasteiger charge is -2.28. The van der Waals surface area contributed by atoms with Gasteiger partial charge in [-0.15, -0.1) is 0 Å². The molecule has 0 aliphatic carbocycles. The fourth-order valence-electron chi connectivity index (χ4n) is 2.86. The van der Waals surface area contributed by atoms with Crippen LogP contribution in [-0.2, 0) is 12.1 Å². The molecule has 0 aliphatic heterocycles. The van der Waals surface area contributed by atoms with Gasteiger partial charge in [0.05, 0.1) is 12.0 Å². The normalized spacial score (nSPS) is 12.3. The third-order valence-electron chi connectivity index (χ3n) is 4.30. The van der Waals surface area contributed by atoms with Crippen LogP contribution in [0.25, 0.3) is 22.6 Å². The van der Waals surface area contributed by atoms with Gasteiger partial charge >= 0.3 is 12.1 Å². The Balaban J connectivity index is 1.91. The average Bonchev–Trinajstić information content (AvgIpc) is 3.40. The van der Waals surface area contributed by atoms with E-state index in [0.29, 0.717) is 17.5 Å². The molecule has 4 aromatic rings. The molecule has 0 fully saturated rings. The van der Waals surface area contributed by atoms with Crippen molar-refractivity contribution in [3.8, 4) is 22.6 Å². The highest BCUT2D eigenvalue weighted by Crippen LogP contribution is 2.45. The van der Waals surface area contributed by atoms with Crippen molar-refractivity contribution in [3.05, 3.63) is 85.6 Å². The molecule has 0 saturated carbocycles. The highest BCUT2D eigenvalue weighted by molar-refractivity contribution is 5.65. The number of nitrogens with zero attached hydrogens (tertiary/aromatic N) is 4. The molecule has 0 amide bonds. The lowest BCUT2D eigenvalue weighted by molar-refractivity contribution is -0.305. The van der Waals surface area contributed by atoms with Gasteiger partial charge in [-0.25, -0.2) is 9.97 Å². The van der Waals surface area contributed by atoms with E-state index in [1.807, 2.05) is 0 Å². The number of imidazole rings is 2. The van der Waals surface area contributed by atoms with Crippen LogP contribution < -0.4 is 0 Å². The van der Waals surface area contributed by atoms with E-state index in [9.17, 15) is 8.78 Å². The molecule has 2 aromatic heterocycles. The lowest BCUT2D eigenvalue weighted by Crippen LogP contribution is -2.44. The maximum absolute atomic E-state index is 15.1. The highest BCUT2D eigenvalue weighted by atomic mass is 19.3. The van der Waals surface area contributed by atoms with E-state index in [1.54, 1.807) is 60.7 Å². The second-order valence-electron chi connectivity index (χ2n) is 6.10. The number of aromatic nitrogens is 4. The summed E-state index contributed by atoms with van der Waals surface area (Å²) in [7, 11) is 0. The summed E-state index contributed by atoms with van der Waals surface area (Å²) >= 11 is 0. The van der Waals surface area contributed by atoms with E-state index < -0.39 is 12.1 Å². The molecule has 0 bridgehead atoms. The molecular formula is C20H14F4N4. The summed E-state index contributed by atoms with van der Waals surface area (Å²) in [5.74, 6) is -0.260. The Kier molecular flexibility index (Phi) is 4.26. The summed E-state index contributed by atoms with van der Waals surface area (Å²) in [6.07, 6.45) is 3.42. The second-order valence-corrected chi connectivity index (χ2v) is 6.10. The second kappa shape index (κ2) is 6.63. The average molecular weight is 386 g/mol. The third-order valence-corrected chi connectivity index (χ3v) is 4.30. The van der Waals surface area contributed by atoms with Gasteiger partial charge in [0.25, 0.3) is 0 Å². The van der Waals surface area contributed by atoms with E-state index >= 15 is 8.78 Å². The Morgan fingerprint density at radius 1 is 0.750 bits per heavy atom. The summed E-state index contributed by atoms with van der Waals surface area (Å²) in [4.78, 5) is 7.69. The van der Waals surface area contributed by atoms with Gasteiger partial charge in [0.15, 0.2) is 0 Å². The first-order valence-electron chi connectivity index (χ1n) is 8.36. The molecule has 0 aliphatic rings. The molecule has 8 heteroatoms. The van der Waals surface area contributed by atoms with Crippen molar-refractivity contribution in [2.45, 2.75) is 12.1 Å². The van der Waals surface area contributed by atoms with E-state index in [4.69, 9.17) is 0 Å². The number of halogens is 4. The molecule has 0 radical (unpaired) electrons. The van der Waals surface area contributed by atoms with Crippen LogP contribution in [0.15, 0.2) is 85.6 Å². The molecule has 142 valence electrons. The minimum absolute atomic E-state index is 0.0873. The Bertz CT molecular complexity index is 1060. The van der Waals surface area contributed by atoms with E-state index in [-0.39, 0.29) is 20.7 Å². The van der Waals surface area contributed by atoms with Crippen molar-refractivity contribution in [2.75, 3.05) is 0 Å². The lowest BCUT2D eigenvalue weighted by atomic mass is 10.2. The van der Waals surface area contributed by atoms with Gasteiger partial charge in [-0.2, -0.15) is 17.6 Å². The van der Waals surface area contributed by atoms with Crippen molar-refractivity contribution >= 4 is 0 Å². The maximum Gasteiger partial charge on any atom is 0.414 e. The van der Waals surface area contributed by atoms with E-state index in [1.165, 1.54) is 0 Å². The van der Waals surface area contributed by atoms with Crippen molar-refractivity contribution in [2.24, 2.45) is 0 Å². The summed E-state index contributed by atoms with van der Waals surface area (Å²) < 4.78 is 59.9. The SMILES string of the molecule is FC(F)(n1ccnc1)C(F)(F)n1cc(-c2ccccc2)nc1-c1ccccc1. The molecule has 4 rings (SSSR count). The monoisotopic (exact) mass is 386 g/mol. The molecule has 0 spiro atoms. The first-order valence-corrected chi connectivity index (χ1v) is 8.36. The molecule has 0 saturated heterocycles. The fourth-order valence-corrected chi connectivity index (χ4v) is 2.86. The summed E-state index contributed by atoms with van der Waals surface area (Å²) in [6.45, 7) is 0. The zero-order valence-electron chi connectivity index (χ0n) is 14.4. The first kappa shape index (κ1) is 18.0.